The molecule has 0 spiro atoms. The third-order valence-corrected chi connectivity index (χ3v) is 2.72. The monoisotopic (exact) mass is 280 g/mol. The maximum atomic E-state index is 13.3. The Kier molecular flexibility index (Phi) is 4.41. The molecule has 106 valence electrons. The second-order valence-corrected chi connectivity index (χ2v) is 4.20. The van der Waals surface area contributed by atoms with Crippen LogP contribution in [0.4, 0.5) is 14.5 Å². The number of halogens is 2. The van der Waals surface area contributed by atoms with Gasteiger partial charge in [-0.2, -0.15) is 0 Å². The lowest BCUT2D eigenvalue weighted by atomic mass is 10.3. The van der Waals surface area contributed by atoms with E-state index in [4.69, 9.17) is 0 Å². The minimum atomic E-state index is -0.803. The van der Waals surface area contributed by atoms with Crippen molar-refractivity contribution in [3.8, 4) is 0 Å². The van der Waals surface area contributed by atoms with Gasteiger partial charge in [0.15, 0.2) is 0 Å². The van der Waals surface area contributed by atoms with E-state index in [1.807, 2.05) is 7.05 Å². The molecule has 2 aromatic rings. The van der Waals surface area contributed by atoms with Gasteiger partial charge in [-0.25, -0.2) is 13.8 Å². The largest absolute Gasteiger partial charge is 0.337 e. The van der Waals surface area contributed by atoms with Crippen LogP contribution < -0.4 is 10.6 Å². The lowest BCUT2D eigenvalue weighted by molar-refractivity contribution is -0.115. The first-order chi connectivity index (χ1) is 9.58. The molecule has 1 heterocycles. The second-order valence-electron chi connectivity index (χ2n) is 4.20. The summed E-state index contributed by atoms with van der Waals surface area (Å²) in [4.78, 5) is 15.7. The van der Waals surface area contributed by atoms with Crippen LogP contribution in [0.1, 0.15) is 5.82 Å². The topological polar surface area (TPSA) is 59.0 Å². The standard InChI is InChI=1S/C13H14F2N4O/c1-19-6-5-17-11(19)7-16-8-12(20)18-13-9(14)3-2-4-10(13)15/h2-6,16H,7-8H2,1H3,(H,18,20). The van der Waals surface area contributed by atoms with Crippen molar-refractivity contribution >= 4 is 11.6 Å². The number of hydrogen-bond acceptors (Lipinski definition) is 3. The highest BCUT2D eigenvalue weighted by molar-refractivity contribution is 5.92. The quantitative estimate of drug-likeness (QED) is 0.871. The van der Waals surface area contributed by atoms with Gasteiger partial charge < -0.3 is 15.2 Å². The minimum absolute atomic E-state index is 0.0688. The molecule has 0 radical (unpaired) electrons. The highest BCUT2D eigenvalue weighted by Gasteiger charge is 2.11. The maximum Gasteiger partial charge on any atom is 0.238 e. The zero-order chi connectivity index (χ0) is 14.5. The van der Waals surface area contributed by atoms with Gasteiger partial charge in [0, 0.05) is 19.4 Å². The van der Waals surface area contributed by atoms with E-state index in [-0.39, 0.29) is 6.54 Å². The van der Waals surface area contributed by atoms with Crippen LogP contribution in [0.3, 0.4) is 0 Å². The van der Waals surface area contributed by atoms with Crippen LogP contribution in [0.15, 0.2) is 30.6 Å². The van der Waals surface area contributed by atoms with Crippen molar-refractivity contribution in [1.29, 1.82) is 0 Å². The Morgan fingerprint density at radius 1 is 1.35 bits per heavy atom. The Bertz CT molecular complexity index is 592. The van der Waals surface area contributed by atoms with Gasteiger partial charge in [-0.3, -0.25) is 4.79 Å². The number of hydrogen-bond donors (Lipinski definition) is 2. The Morgan fingerprint density at radius 3 is 2.65 bits per heavy atom. The molecule has 0 aliphatic rings. The predicted molar refractivity (Wildman–Crippen MR) is 69.9 cm³/mol. The Labute approximate surface area is 114 Å². The normalized spacial score (nSPS) is 10.6. The molecular formula is C13H14F2N4O. The van der Waals surface area contributed by atoms with E-state index in [1.165, 1.54) is 6.07 Å². The molecule has 1 amide bonds. The molecule has 0 saturated heterocycles. The molecular weight excluding hydrogens is 266 g/mol. The molecule has 0 aliphatic heterocycles. The van der Waals surface area contributed by atoms with Crippen molar-refractivity contribution < 1.29 is 13.6 Å². The molecule has 1 aromatic carbocycles. The number of aryl methyl sites for hydroxylation is 1. The number of aromatic nitrogens is 2. The van der Waals surface area contributed by atoms with Crippen LogP contribution in [0.5, 0.6) is 0 Å². The molecule has 0 bridgehead atoms. The summed E-state index contributed by atoms with van der Waals surface area (Å²) in [7, 11) is 1.83. The number of carbonyl (C=O) groups excluding carboxylic acids is 1. The minimum Gasteiger partial charge on any atom is -0.337 e. The molecule has 5 nitrogen and oxygen atoms in total. The van der Waals surface area contributed by atoms with Gasteiger partial charge in [0.05, 0.1) is 13.1 Å². The molecule has 0 fully saturated rings. The van der Waals surface area contributed by atoms with Gasteiger partial charge >= 0.3 is 0 Å². The average molecular weight is 280 g/mol. The Hall–Kier alpha value is -2.28. The van der Waals surface area contributed by atoms with Gasteiger partial charge in [0.25, 0.3) is 0 Å². The van der Waals surface area contributed by atoms with Crippen LogP contribution in [0.25, 0.3) is 0 Å². The van der Waals surface area contributed by atoms with Crippen molar-refractivity contribution in [2.75, 3.05) is 11.9 Å². The SMILES string of the molecule is Cn1ccnc1CNCC(=O)Nc1c(F)cccc1F. The van der Waals surface area contributed by atoms with Gasteiger partial charge in [-0.15, -0.1) is 0 Å². The Morgan fingerprint density at radius 2 is 2.05 bits per heavy atom. The fraction of sp³-hybridized carbons (Fsp3) is 0.231. The number of imidazole rings is 1. The molecule has 7 heteroatoms. The third-order valence-electron chi connectivity index (χ3n) is 2.72. The number of anilines is 1. The number of benzene rings is 1. The van der Waals surface area contributed by atoms with Crippen LogP contribution in [0.2, 0.25) is 0 Å². The summed E-state index contributed by atoms with van der Waals surface area (Å²) < 4.78 is 28.4. The van der Waals surface area contributed by atoms with Crippen molar-refractivity contribution in [2.24, 2.45) is 7.05 Å². The molecule has 20 heavy (non-hydrogen) atoms. The number of amides is 1. The number of para-hydroxylation sites is 1. The number of rotatable bonds is 5. The van der Waals surface area contributed by atoms with E-state index < -0.39 is 23.2 Å². The van der Waals surface area contributed by atoms with Crippen LogP contribution in [-0.2, 0) is 18.4 Å². The lowest BCUT2D eigenvalue weighted by Gasteiger charge is -2.08. The van der Waals surface area contributed by atoms with E-state index in [0.29, 0.717) is 6.54 Å². The zero-order valence-corrected chi connectivity index (χ0v) is 10.9. The van der Waals surface area contributed by atoms with Crippen LogP contribution in [-0.4, -0.2) is 22.0 Å². The summed E-state index contributed by atoms with van der Waals surface area (Å²) in [6.07, 6.45) is 3.43. The van der Waals surface area contributed by atoms with E-state index >= 15 is 0 Å². The summed E-state index contributed by atoms with van der Waals surface area (Å²) >= 11 is 0. The van der Waals surface area contributed by atoms with Gasteiger partial charge in [-0.05, 0) is 12.1 Å². The number of nitrogens with one attached hydrogen (secondary N) is 2. The molecule has 0 atom stereocenters. The summed E-state index contributed by atoms with van der Waals surface area (Å²) in [5.41, 5.74) is -0.434. The predicted octanol–water partition coefficient (Wildman–Crippen LogP) is 1.43. The number of nitrogens with zero attached hydrogens (tertiary/aromatic N) is 2. The molecule has 0 saturated carbocycles. The van der Waals surface area contributed by atoms with Crippen LogP contribution >= 0.6 is 0 Å². The maximum absolute atomic E-state index is 13.3. The average Bonchev–Trinajstić information content (AvgIpc) is 2.80. The summed E-state index contributed by atoms with van der Waals surface area (Å²) in [5, 5.41) is 5.04. The summed E-state index contributed by atoms with van der Waals surface area (Å²) in [6, 6.07) is 3.40. The first-order valence-electron chi connectivity index (χ1n) is 5.98. The van der Waals surface area contributed by atoms with E-state index in [1.54, 1.807) is 17.0 Å². The molecule has 0 unspecified atom stereocenters. The molecule has 2 rings (SSSR count). The third kappa shape index (κ3) is 3.39. The fourth-order valence-corrected chi connectivity index (χ4v) is 1.66. The van der Waals surface area contributed by atoms with Gasteiger partial charge in [0.2, 0.25) is 5.91 Å². The highest BCUT2D eigenvalue weighted by atomic mass is 19.1. The van der Waals surface area contributed by atoms with E-state index in [0.717, 1.165) is 18.0 Å². The van der Waals surface area contributed by atoms with Crippen molar-refractivity contribution in [3.63, 3.8) is 0 Å². The second kappa shape index (κ2) is 6.25. The van der Waals surface area contributed by atoms with Crippen molar-refractivity contribution in [1.82, 2.24) is 14.9 Å². The van der Waals surface area contributed by atoms with Crippen LogP contribution in [0, 0.1) is 11.6 Å². The fourth-order valence-electron chi connectivity index (χ4n) is 1.66. The van der Waals surface area contributed by atoms with Gasteiger partial charge in [-0.1, -0.05) is 6.07 Å². The highest BCUT2D eigenvalue weighted by Crippen LogP contribution is 2.17. The molecule has 1 aromatic heterocycles. The van der Waals surface area contributed by atoms with Crippen molar-refractivity contribution in [3.05, 3.63) is 48.1 Å². The smallest absolute Gasteiger partial charge is 0.238 e. The first kappa shape index (κ1) is 14.1. The van der Waals surface area contributed by atoms with E-state index in [9.17, 15) is 13.6 Å². The summed E-state index contributed by atoms with van der Waals surface area (Å²) in [6.45, 7) is 0.317. The number of carbonyl (C=O) groups is 1. The first-order valence-corrected chi connectivity index (χ1v) is 5.98. The Balaban J connectivity index is 1.85. The molecule has 2 N–H and O–H groups in total. The lowest BCUT2D eigenvalue weighted by Crippen LogP contribution is -2.29. The van der Waals surface area contributed by atoms with Crippen molar-refractivity contribution in [2.45, 2.75) is 6.54 Å². The van der Waals surface area contributed by atoms with E-state index in [2.05, 4.69) is 15.6 Å². The molecule has 0 aliphatic carbocycles. The summed E-state index contributed by atoms with van der Waals surface area (Å²) in [5.74, 6) is -1.37. The zero-order valence-electron chi connectivity index (χ0n) is 10.9. The van der Waals surface area contributed by atoms with Gasteiger partial charge in [0.1, 0.15) is 23.1 Å².